The Morgan fingerprint density at radius 3 is 2.29 bits per heavy atom. The van der Waals surface area contributed by atoms with Crippen LogP contribution in [-0.2, 0) is 14.3 Å². The van der Waals surface area contributed by atoms with E-state index in [2.05, 4.69) is 14.9 Å². The fourth-order valence-corrected chi connectivity index (χ4v) is 9.96. The molecule has 4 aliphatic heterocycles. The van der Waals surface area contributed by atoms with Crippen molar-refractivity contribution in [2.45, 2.75) is 96.2 Å². The molecule has 5 aromatic rings. The highest BCUT2D eigenvalue weighted by Gasteiger charge is 2.51. The van der Waals surface area contributed by atoms with Gasteiger partial charge < -0.3 is 19.1 Å². The summed E-state index contributed by atoms with van der Waals surface area (Å²) >= 11 is 0. The van der Waals surface area contributed by atoms with Crippen LogP contribution in [-0.4, -0.2) is 87.0 Å². The van der Waals surface area contributed by atoms with Crippen molar-refractivity contribution in [3.05, 3.63) is 88.6 Å². The summed E-state index contributed by atoms with van der Waals surface area (Å²) in [6.07, 6.45) is 3.46. The Kier molecular flexibility index (Phi) is 10.7. The van der Waals surface area contributed by atoms with Gasteiger partial charge in [0.25, 0.3) is 0 Å². The zero-order valence-corrected chi connectivity index (χ0v) is 34.5. The predicted octanol–water partition coefficient (Wildman–Crippen LogP) is 9.07. The second-order valence-electron chi connectivity index (χ2n) is 17.2. The van der Waals surface area contributed by atoms with Crippen molar-refractivity contribution in [2.75, 3.05) is 31.1 Å². The number of halogens is 6. The number of pyridine rings is 1. The van der Waals surface area contributed by atoms with Crippen molar-refractivity contribution in [3.8, 4) is 17.3 Å². The normalized spacial score (nSPS) is 22.8. The average Bonchev–Trinajstić information content (AvgIpc) is 3.89. The maximum absolute atomic E-state index is 17.2. The molecule has 9 rings (SSSR count). The third kappa shape index (κ3) is 7.20. The highest BCUT2D eigenvalue weighted by Crippen LogP contribution is 2.49. The minimum absolute atomic E-state index is 0.0312. The second-order valence-corrected chi connectivity index (χ2v) is 17.2. The summed E-state index contributed by atoms with van der Waals surface area (Å²) in [5.41, 5.74) is -0.0278. The van der Waals surface area contributed by atoms with Crippen LogP contribution in [0.3, 0.4) is 0 Å². The van der Waals surface area contributed by atoms with Gasteiger partial charge in [-0.05, 0) is 92.8 Å². The molecule has 11 nitrogen and oxygen atoms in total. The first-order valence-corrected chi connectivity index (χ1v) is 20.9. The van der Waals surface area contributed by atoms with Gasteiger partial charge in [0.2, 0.25) is 6.29 Å². The molecule has 5 atom stereocenters. The Morgan fingerprint density at radius 1 is 0.855 bits per heavy atom. The summed E-state index contributed by atoms with van der Waals surface area (Å²) in [7, 11) is 0. The first-order chi connectivity index (χ1) is 29.6. The van der Waals surface area contributed by atoms with Crippen LogP contribution < -0.4 is 9.64 Å². The number of hydrogen-bond acceptors (Lipinski definition) is 10. The molecule has 4 saturated heterocycles. The monoisotopic (exact) mass is 862 g/mol. The molecular formula is C45H44F6N6O5. The van der Waals surface area contributed by atoms with Crippen LogP contribution in [0.2, 0.25) is 0 Å². The van der Waals surface area contributed by atoms with E-state index in [0.29, 0.717) is 55.2 Å². The second kappa shape index (κ2) is 15.9. The van der Waals surface area contributed by atoms with Gasteiger partial charge in [0, 0.05) is 43.2 Å². The number of aromatic nitrogens is 3. The average molecular weight is 863 g/mol. The first-order valence-electron chi connectivity index (χ1n) is 20.9. The molecule has 0 radical (unpaired) electrons. The number of amides is 1. The highest BCUT2D eigenvalue weighted by molar-refractivity contribution is 6.00. The fourth-order valence-electron chi connectivity index (χ4n) is 9.96. The van der Waals surface area contributed by atoms with E-state index in [1.54, 1.807) is 31.7 Å². The van der Waals surface area contributed by atoms with E-state index in [9.17, 15) is 27.2 Å². The number of ether oxygens (including phenoxy) is 3. The van der Waals surface area contributed by atoms with Gasteiger partial charge in [-0.1, -0.05) is 26.0 Å². The number of hydrogen-bond donors (Lipinski definition) is 0. The lowest BCUT2D eigenvalue weighted by Gasteiger charge is -2.41. The quantitative estimate of drug-likeness (QED) is 0.0617. The molecule has 1 amide bonds. The number of anilines is 1. The van der Waals surface area contributed by atoms with Gasteiger partial charge >= 0.3 is 18.1 Å². The van der Waals surface area contributed by atoms with Gasteiger partial charge in [0.15, 0.2) is 34.9 Å². The molecule has 2 aromatic heterocycles. The number of aryl methyl sites for hydroxylation is 1. The van der Waals surface area contributed by atoms with Crippen molar-refractivity contribution in [3.63, 3.8) is 0 Å². The van der Waals surface area contributed by atoms with Crippen molar-refractivity contribution >= 4 is 39.6 Å². The molecule has 0 saturated carbocycles. The van der Waals surface area contributed by atoms with Crippen molar-refractivity contribution in [1.82, 2.24) is 24.8 Å². The summed E-state index contributed by atoms with van der Waals surface area (Å²) in [5.74, 6) is -7.85. The zero-order chi connectivity index (χ0) is 43.8. The van der Waals surface area contributed by atoms with Crippen LogP contribution in [0.4, 0.5) is 37.0 Å². The zero-order valence-electron chi connectivity index (χ0n) is 34.5. The summed E-state index contributed by atoms with van der Waals surface area (Å²) in [5, 5.41) is 0.430. The minimum Gasteiger partial charge on any atom is -0.461 e. The molecule has 2 bridgehead atoms. The SMILES string of the molecule is Cc1cc(-c2ncc3c(N4CC5CCC(C4)N5C(=O)OC(C)OC(=O)C(C)C)nc(OCC45CCCN4C(c4cc(F)c(F)c(F)c4)CC5)nc3c2F)c2c(F)c(F)ccc2c1. The van der Waals surface area contributed by atoms with Gasteiger partial charge in [-0.2, -0.15) is 9.97 Å². The van der Waals surface area contributed by atoms with E-state index in [4.69, 9.17) is 19.2 Å². The first kappa shape index (κ1) is 41.6. The number of benzene rings is 3. The van der Waals surface area contributed by atoms with Crippen molar-refractivity contribution in [1.29, 1.82) is 0 Å². The molecule has 0 N–H and O–H groups in total. The third-order valence-electron chi connectivity index (χ3n) is 12.8. The van der Waals surface area contributed by atoms with Crippen molar-refractivity contribution < 1.29 is 50.1 Å². The van der Waals surface area contributed by atoms with E-state index >= 15 is 8.78 Å². The number of carbonyl (C=O) groups is 2. The van der Waals surface area contributed by atoms with Gasteiger partial charge in [-0.25, -0.2) is 31.1 Å². The van der Waals surface area contributed by atoms with E-state index in [1.807, 2.05) is 4.90 Å². The Balaban J connectivity index is 1.07. The summed E-state index contributed by atoms with van der Waals surface area (Å²) < 4.78 is 107. The van der Waals surface area contributed by atoms with Crippen LogP contribution in [0.1, 0.15) is 76.5 Å². The molecule has 17 heteroatoms. The maximum atomic E-state index is 17.2. The Morgan fingerprint density at radius 2 is 1.58 bits per heavy atom. The van der Waals surface area contributed by atoms with Gasteiger partial charge in [0.05, 0.1) is 28.9 Å². The number of carbonyl (C=O) groups excluding carboxylic acids is 2. The van der Waals surface area contributed by atoms with Crippen LogP contribution in [0.15, 0.2) is 42.6 Å². The van der Waals surface area contributed by atoms with Crippen LogP contribution in [0.25, 0.3) is 32.9 Å². The predicted molar refractivity (Wildman–Crippen MR) is 215 cm³/mol. The molecular weight excluding hydrogens is 819 g/mol. The van der Waals surface area contributed by atoms with Gasteiger partial charge in [0.1, 0.15) is 23.6 Å². The highest BCUT2D eigenvalue weighted by atomic mass is 19.2. The Bertz CT molecular complexity index is 2600. The molecule has 5 unspecified atom stereocenters. The molecule has 6 heterocycles. The molecule has 0 aliphatic carbocycles. The fraction of sp³-hybridized carbons (Fsp3) is 0.444. The number of fused-ring (bicyclic) bond motifs is 5. The molecule has 4 fully saturated rings. The van der Waals surface area contributed by atoms with Gasteiger partial charge in [-0.3, -0.25) is 19.6 Å². The van der Waals surface area contributed by atoms with E-state index in [1.165, 1.54) is 25.3 Å². The van der Waals surface area contributed by atoms with Crippen LogP contribution in [0, 0.1) is 47.7 Å². The largest absolute Gasteiger partial charge is 0.461 e. The summed E-state index contributed by atoms with van der Waals surface area (Å²) in [4.78, 5) is 45.1. The Labute approximate surface area is 353 Å². The lowest BCUT2D eigenvalue weighted by Crippen LogP contribution is -2.56. The molecule has 326 valence electrons. The lowest BCUT2D eigenvalue weighted by atomic mass is 9.95. The third-order valence-corrected chi connectivity index (χ3v) is 12.8. The van der Waals surface area contributed by atoms with E-state index in [-0.39, 0.29) is 71.2 Å². The number of nitrogens with zero attached hydrogens (tertiary/aromatic N) is 6. The molecule has 0 spiro atoms. The molecule has 3 aromatic carbocycles. The maximum Gasteiger partial charge on any atom is 0.413 e. The lowest BCUT2D eigenvalue weighted by molar-refractivity contribution is -0.170. The van der Waals surface area contributed by atoms with E-state index < -0.39 is 70.8 Å². The summed E-state index contributed by atoms with van der Waals surface area (Å²) in [6, 6.07) is 6.41. The Hall–Kier alpha value is -5.71. The van der Waals surface area contributed by atoms with E-state index in [0.717, 1.165) is 24.6 Å². The topological polar surface area (TPSA) is 110 Å². The summed E-state index contributed by atoms with van der Waals surface area (Å²) in [6.45, 7) is 7.73. The van der Waals surface area contributed by atoms with Crippen molar-refractivity contribution in [2.24, 2.45) is 5.92 Å². The molecule has 4 aliphatic rings. The molecule has 62 heavy (non-hydrogen) atoms. The van der Waals surface area contributed by atoms with Crippen LogP contribution >= 0.6 is 0 Å². The number of esters is 1. The number of piperazine rings is 1. The minimum atomic E-state index is -1.53. The number of rotatable bonds is 9. The van der Waals surface area contributed by atoms with Gasteiger partial charge in [-0.15, -0.1) is 0 Å². The standard InChI is InChI=1S/C45H44F6N6O5/c1-22(2)42(58)61-24(4)62-44(59)57-27-7-8-28(57)20-55(19-27)41-30-18-52-39(29-15-23(3)14-25-6-9-31(46)37(50)35(25)29)38(51)40(30)53-43(54-41)60-21-45-11-5-13-56(45)34(10-12-45)26-16-32(47)36(49)33(48)17-26/h6,9,14-18,22,24,27-28,34H,5,7-8,10-13,19-21H2,1-4H3. The smallest absolute Gasteiger partial charge is 0.413 e. The van der Waals surface area contributed by atoms with Crippen LogP contribution in [0.5, 0.6) is 6.01 Å².